The number of sulfonamides is 1. The summed E-state index contributed by atoms with van der Waals surface area (Å²) < 4.78 is 24.2. The van der Waals surface area contributed by atoms with Crippen molar-refractivity contribution >= 4 is 21.8 Å². The normalized spacial score (nSPS) is 13.8. The minimum Gasteiger partial charge on any atom is -0.213 e. The second-order valence-electron chi connectivity index (χ2n) is 2.31. The lowest BCUT2D eigenvalue weighted by Crippen LogP contribution is -2.30. The largest absolute Gasteiger partial charge is 0.225 e. The molecular formula is C6H12N2O2S2. The van der Waals surface area contributed by atoms with E-state index in [0.29, 0.717) is 6.54 Å². The minimum atomic E-state index is -3.36. The molecule has 0 aliphatic rings. The van der Waals surface area contributed by atoms with Crippen molar-refractivity contribution in [2.75, 3.05) is 18.6 Å². The number of hydrogen-bond donors (Lipinski definition) is 1. The van der Waals surface area contributed by atoms with Crippen LogP contribution < -0.4 is 4.72 Å². The Morgan fingerprint density at radius 1 is 1.67 bits per heavy atom. The SMILES string of the molecule is CSC(C)CNS(=O)(=O)CC#N. The summed E-state index contributed by atoms with van der Waals surface area (Å²) in [5.41, 5.74) is 0. The van der Waals surface area contributed by atoms with E-state index in [1.807, 2.05) is 13.2 Å². The molecule has 0 aromatic heterocycles. The van der Waals surface area contributed by atoms with Crippen molar-refractivity contribution in [1.29, 1.82) is 5.26 Å². The predicted octanol–water partition coefficient (Wildman–Crippen LogP) is 0.181. The molecule has 0 aromatic carbocycles. The number of rotatable bonds is 5. The third kappa shape index (κ3) is 5.41. The summed E-state index contributed by atoms with van der Waals surface area (Å²) in [6.07, 6.45) is 1.91. The fourth-order valence-corrected chi connectivity index (χ4v) is 1.60. The van der Waals surface area contributed by atoms with E-state index in [-0.39, 0.29) is 5.25 Å². The molecule has 0 aliphatic carbocycles. The molecule has 0 saturated carbocycles. The van der Waals surface area contributed by atoms with E-state index in [1.54, 1.807) is 17.8 Å². The first-order valence-electron chi connectivity index (χ1n) is 3.39. The first-order chi connectivity index (χ1) is 5.52. The molecule has 0 radical (unpaired) electrons. The van der Waals surface area contributed by atoms with Gasteiger partial charge < -0.3 is 0 Å². The van der Waals surface area contributed by atoms with Crippen LogP contribution >= 0.6 is 11.8 Å². The molecule has 0 spiro atoms. The van der Waals surface area contributed by atoms with Gasteiger partial charge >= 0.3 is 0 Å². The van der Waals surface area contributed by atoms with Crippen molar-refractivity contribution in [3.05, 3.63) is 0 Å². The number of nitriles is 1. The lowest BCUT2D eigenvalue weighted by molar-refractivity contribution is 0.585. The number of hydrogen-bond acceptors (Lipinski definition) is 4. The summed E-state index contributed by atoms with van der Waals surface area (Å²) in [6, 6.07) is 1.59. The highest BCUT2D eigenvalue weighted by Gasteiger charge is 2.09. The number of thioether (sulfide) groups is 1. The predicted molar refractivity (Wildman–Crippen MR) is 50.4 cm³/mol. The second kappa shape index (κ2) is 5.41. The van der Waals surface area contributed by atoms with Gasteiger partial charge in [-0.25, -0.2) is 13.1 Å². The number of nitrogens with zero attached hydrogens (tertiary/aromatic N) is 1. The maximum absolute atomic E-state index is 10.9. The van der Waals surface area contributed by atoms with E-state index in [2.05, 4.69) is 4.72 Å². The van der Waals surface area contributed by atoms with Crippen molar-refractivity contribution in [1.82, 2.24) is 4.72 Å². The highest BCUT2D eigenvalue weighted by atomic mass is 32.2. The van der Waals surface area contributed by atoms with Gasteiger partial charge in [-0.2, -0.15) is 17.0 Å². The Morgan fingerprint density at radius 3 is 2.67 bits per heavy atom. The van der Waals surface area contributed by atoms with Gasteiger partial charge in [0, 0.05) is 11.8 Å². The van der Waals surface area contributed by atoms with E-state index in [4.69, 9.17) is 5.26 Å². The molecule has 0 heterocycles. The molecule has 0 rings (SSSR count). The maximum Gasteiger partial charge on any atom is 0.225 e. The Bertz CT molecular complexity index is 255. The minimum absolute atomic E-state index is 0.235. The molecule has 0 fully saturated rings. The van der Waals surface area contributed by atoms with Crippen LogP contribution in [0.5, 0.6) is 0 Å². The van der Waals surface area contributed by atoms with Crippen molar-refractivity contribution < 1.29 is 8.42 Å². The molecular weight excluding hydrogens is 196 g/mol. The summed E-state index contributed by atoms with van der Waals surface area (Å²) in [6.45, 7) is 2.30. The molecule has 1 unspecified atom stereocenters. The average Bonchev–Trinajstić information content (AvgIpc) is 2.00. The van der Waals surface area contributed by atoms with Gasteiger partial charge in [-0.05, 0) is 6.26 Å². The molecule has 70 valence electrons. The fraction of sp³-hybridized carbons (Fsp3) is 0.833. The quantitative estimate of drug-likeness (QED) is 0.699. The first-order valence-corrected chi connectivity index (χ1v) is 6.33. The third-order valence-corrected chi connectivity index (χ3v) is 3.33. The summed E-state index contributed by atoms with van der Waals surface area (Å²) in [7, 11) is -3.36. The van der Waals surface area contributed by atoms with Crippen molar-refractivity contribution in [2.24, 2.45) is 0 Å². The Labute approximate surface area is 77.4 Å². The molecule has 0 bridgehead atoms. The van der Waals surface area contributed by atoms with Crippen LogP contribution in [0.25, 0.3) is 0 Å². The summed E-state index contributed by atoms with van der Waals surface area (Å²) in [5, 5.41) is 8.38. The molecule has 1 N–H and O–H groups in total. The Hall–Kier alpha value is -0.250. The third-order valence-electron chi connectivity index (χ3n) is 1.25. The first kappa shape index (κ1) is 11.8. The van der Waals surface area contributed by atoms with Crippen LogP contribution in [-0.4, -0.2) is 32.2 Å². The van der Waals surface area contributed by atoms with Crippen LogP contribution in [0.1, 0.15) is 6.92 Å². The molecule has 12 heavy (non-hydrogen) atoms. The summed E-state index contributed by atoms with van der Waals surface area (Å²) in [4.78, 5) is 0. The average molecular weight is 208 g/mol. The summed E-state index contributed by atoms with van der Waals surface area (Å²) in [5.74, 6) is -0.464. The molecule has 6 heteroatoms. The molecule has 1 atom stereocenters. The van der Waals surface area contributed by atoms with E-state index < -0.39 is 15.8 Å². The number of nitrogens with one attached hydrogen (secondary N) is 1. The van der Waals surface area contributed by atoms with Crippen LogP contribution in [0, 0.1) is 11.3 Å². The maximum atomic E-state index is 10.9. The molecule has 0 aliphatic heterocycles. The van der Waals surface area contributed by atoms with Gasteiger partial charge in [0.05, 0.1) is 6.07 Å². The molecule has 4 nitrogen and oxygen atoms in total. The van der Waals surface area contributed by atoms with Gasteiger partial charge in [-0.15, -0.1) is 0 Å². The van der Waals surface area contributed by atoms with Crippen LogP contribution in [0.3, 0.4) is 0 Å². The molecule has 0 saturated heterocycles. The Balaban J connectivity index is 3.86. The lowest BCUT2D eigenvalue weighted by atomic mass is 10.5. The Kier molecular flexibility index (Phi) is 5.29. The zero-order valence-corrected chi connectivity index (χ0v) is 8.70. The van der Waals surface area contributed by atoms with Gasteiger partial charge in [0.2, 0.25) is 10.0 Å². The van der Waals surface area contributed by atoms with Crippen LogP contribution in [0.4, 0.5) is 0 Å². The highest BCUT2D eigenvalue weighted by Crippen LogP contribution is 2.02. The van der Waals surface area contributed by atoms with Crippen molar-refractivity contribution in [3.63, 3.8) is 0 Å². The van der Waals surface area contributed by atoms with Crippen LogP contribution in [0.15, 0.2) is 0 Å². The highest BCUT2D eigenvalue weighted by molar-refractivity contribution is 7.99. The summed E-state index contributed by atoms with van der Waals surface area (Å²) >= 11 is 1.57. The van der Waals surface area contributed by atoms with E-state index in [9.17, 15) is 8.42 Å². The van der Waals surface area contributed by atoms with Crippen molar-refractivity contribution in [2.45, 2.75) is 12.2 Å². The zero-order chi connectivity index (χ0) is 9.61. The second-order valence-corrected chi connectivity index (χ2v) is 5.39. The standard InChI is InChI=1S/C6H12N2O2S2/c1-6(11-2)5-8-12(9,10)4-3-7/h6,8H,4-5H2,1-2H3. The fourth-order valence-electron chi connectivity index (χ4n) is 0.464. The topological polar surface area (TPSA) is 70.0 Å². The van der Waals surface area contributed by atoms with Gasteiger partial charge in [-0.3, -0.25) is 0 Å². The van der Waals surface area contributed by atoms with Gasteiger partial charge in [-0.1, -0.05) is 6.92 Å². The smallest absolute Gasteiger partial charge is 0.213 e. The molecule has 0 amide bonds. The van der Waals surface area contributed by atoms with Crippen LogP contribution in [0.2, 0.25) is 0 Å². The van der Waals surface area contributed by atoms with Gasteiger partial charge in [0.15, 0.2) is 5.75 Å². The van der Waals surface area contributed by atoms with Crippen molar-refractivity contribution in [3.8, 4) is 6.07 Å². The lowest BCUT2D eigenvalue weighted by Gasteiger charge is -2.07. The van der Waals surface area contributed by atoms with Gasteiger partial charge in [0.25, 0.3) is 0 Å². The van der Waals surface area contributed by atoms with E-state index >= 15 is 0 Å². The van der Waals surface area contributed by atoms with E-state index in [1.165, 1.54) is 0 Å². The van der Waals surface area contributed by atoms with E-state index in [0.717, 1.165) is 0 Å². The zero-order valence-electron chi connectivity index (χ0n) is 7.07. The monoisotopic (exact) mass is 208 g/mol. The molecule has 0 aromatic rings. The van der Waals surface area contributed by atoms with Gasteiger partial charge in [0.1, 0.15) is 0 Å². The Morgan fingerprint density at radius 2 is 2.25 bits per heavy atom. The van der Waals surface area contributed by atoms with Crippen LogP contribution in [-0.2, 0) is 10.0 Å².